The van der Waals surface area contributed by atoms with Crippen molar-refractivity contribution in [2.24, 2.45) is 0 Å². The number of ether oxygens (including phenoxy) is 2. The molecule has 9 nitrogen and oxygen atoms in total. The van der Waals surface area contributed by atoms with Crippen molar-refractivity contribution in [2.75, 3.05) is 25.5 Å². The first-order valence-electron chi connectivity index (χ1n) is 26.6. The maximum atomic E-state index is 15.9. The Kier molecular flexibility index (Phi) is 17.7. The van der Waals surface area contributed by atoms with Gasteiger partial charge in [0.15, 0.2) is 0 Å². The molecule has 0 aliphatic carbocycles. The van der Waals surface area contributed by atoms with Gasteiger partial charge >= 0.3 is 484 Å². The number of carbonyl (C=O) groups excluding carboxylic acids is 4. The average Bonchev–Trinajstić information content (AvgIpc) is 0.748. The van der Waals surface area contributed by atoms with E-state index in [9.17, 15) is 9.59 Å². The Morgan fingerprint density at radius 1 is 0.369 bits per heavy atom. The first kappa shape index (κ1) is 60.1. The molecule has 0 fully saturated rings. The number of alkyl halides is 6. The molecule has 428 valence electrons. The van der Waals surface area contributed by atoms with Crippen molar-refractivity contribution >= 4 is 76.3 Å². The first-order chi connectivity index (χ1) is 40.3. The third-order valence-corrected chi connectivity index (χ3v) is 26.0. The Morgan fingerprint density at radius 2 is 0.619 bits per heavy atom. The van der Waals surface area contributed by atoms with Crippen LogP contribution in [0, 0.1) is 0 Å². The van der Waals surface area contributed by atoms with E-state index < -0.39 is 86.0 Å². The summed E-state index contributed by atoms with van der Waals surface area (Å²) in [5, 5.41) is 2.04. The Bertz CT molecular complexity index is 3310. The molecule has 0 spiro atoms. The molecular formula is C66H55BF6O9P2. The van der Waals surface area contributed by atoms with E-state index in [-0.39, 0.29) is 41.5 Å². The number of ketones is 2. The van der Waals surface area contributed by atoms with Gasteiger partial charge in [-0.1, -0.05) is 0 Å². The van der Waals surface area contributed by atoms with Gasteiger partial charge in [-0.25, -0.2) is 0 Å². The molecule has 9 aromatic rings. The van der Waals surface area contributed by atoms with Crippen LogP contribution in [0.5, 0.6) is 5.75 Å². The molecule has 0 bridgehead atoms. The van der Waals surface area contributed by atoms with Crippen molar-refractivity contribution in [2.45, 2.75) is 26.2 Å². The molecule has 84 heavy (non-hydrogen) atoms. The monoisotopic (exact) mass is 1180 g/mol. The molecule has 0 radical (unpaired) electrons. The second kappa shape index (κ2) is 24.7. The van der Waals surface area contributed by atoms with Gasteiger partial charge in [-0.3, -0.25) is 0 Å². The molecule has 0 atom stereocenters. The van der Waals surface area contributed by atoms with E-state index in [0.717, 1.165) is 0 Å². The molecule has 9 rings (SSSR count). The zero-order chi connectivity index (χ0) is 59.6. The quantitative estimate of drug-likeness (QED) is 0.0215. The molecule has 0 amide bonds. The Morgan fingerprint density at radius 3 is 0.857 bits per heavy atom. The van der Waals surface area contributed by atoms with E-state index in [1.165, 1.54) is 48.5 Å². The van der Waals surface area contributed by atoms with Crippen LogP contribution in [0.3, 0.4) is 0 Å². The van der Waals surface area contributed by atoms with Crippen molar-refractivity contribution in [3.05, 3.63) is 282 Å². The molecular weight excluding hydrogens is 1120 g/mol. The van der Waals surface area contributed by atoms with Crippen LogP contribution in [-0.2, 0) is 30.7 Å². The van der Waals surface area contributed by atoms with Crippen LogP contribution in [-0.4, -0.2) is 56.4 Å². The van der Waals surface area contributed by atoms with Gasteiger partial charge < -0.3 is 0 Å². The predicted octanol–water partition coefficient (Wildman–Crippen LogP) is 13.1. The van der Waals surface area contributed by atoms with Gasteiger partial charge in [-0.2, -0.15) is 0 Å². The predicted molar refractivity (Wildman–Crippen MR) is 318 cm³/mol. The summed E-state index contributed by atoms with van der Waals surface area (Å²) in [5.74, 6) is -3.43. The van der Waals surface area contributed by atoms with Gasteiger partial charge in [0.05, 0.1) is 0 Å². The van der Waals surface area contributed by atoms with Gasteiger partial charge in [0.25, 0.3) is 0 Å². The van der Waals surface area contributed by atoms with Crippen LogP contribution in [0.1, 0.15) is 66.4 Å². The van der Waals surface area contributed by atoms with Crippen molar-refractivity contribution in [1.29, 1.82) is 0 Å². The maximum absolute atomic E-state index is 15.9. The van der Waals surface area contributed by atoms with Crippen molar-refractivity contribution in [3.63, 3.8) is 0 Å². The Labute approximate surface area is 482 Å². The first-order valence-corrected chi connectivity index (χ1v) is 31.3. The standard InChI is InChI=1S/C66H55BF6O9P2/c1-3-78-63(76)50-39-35-48(36-40-50)61(74)46-83(55-23-11-5-12-24-55,56-25-13-6-14-26-56,57-27-15-7-16-28-57)81-67(80-54-44-52(65(68,69)70)43-53(45-54)66(71,72)73)82-84(58-29-17-8-18-30-58,59-31-19-9-20-32-59,60-33-21-10-22-34-60)47-62(75)49-37-41-51(42-38-49)64(77)79-4-2/h5-45H,3-4,46-47H2,1-2H3. The molecule has 0 saturated heterocycles. The summed E-state index contributed by atoms with van der Waals surface area (Å²) in [6.45, 7) is -7.45. The van der Waals surface area contributed by atoms with E-state index in [2.05, 4.69) is 0 Å². The van der Waals surface area contributed by atoms with Gasteiger partial charge in [0, 0.05) is 0 Å². The van der Waals surface area contributed by atoms with Crippen molar-refractivity contribution < 1.29 is 68.5 Å². The summed E-state index contributed by atoms with van der Waals surface area (Å²) < 4.78 is 124. The number of hydrogen-bond donors (Lipinski definition) is 0. The number of benzene rings is 9. The molecule has 0 saturated carbocycles. The fourth-order valence-electron chi connectivity index (χ4n) is 10.6. The molecule has 0 N–H and O–H groups in total. The zero-order valence-electron chi connectivity index (χ0n) is 45.4. The Balaban J connectivity index is 1.43. The van der Waals surface area contributed by atoms with Crippen LogP contribution in [0.2, 0.25) is 0 Å². The summed E-state index contributed by atoms with van der Waals surface area (Å²) in [4.78, 5) is 57.7. The van der Waals surface area contributed by atoms with Crippen LogP contribution in [0.4, 0.5) is 26.3 Å². The average molecular weight is 1180 g/mol. The number of hydrogen-bond acceptors (Lipinski definition) is 9. The van der Waals surface area contributed by atoms with E-state index in [1.54, 1.807) is 196 Å². The molecule has 0 unspecified atom stereocenters. The van der Waals surface area contributed by atoms with Crippen LogP contribution in [0.25, 0.3) is 0 Å². The van der Waals surface area contributed by atoms with E-state index in [1.807, 2.05) is 0 Å². The Hall–Kier alpha value is -8.52. The second-order valence-electron chi connectivity index (χ2n) is 19.6. The number of carbonyl (C=O) groups is 4. The molecule has 0 heterocycles. The molecule has 0 aliphatic rings. The third kappa shape index (κ3) is 11.7. The number of rotatable bonds is 22. The topological polar surface area (TPSA) is 114 Å². The molecule has 0 aromatic heterocycles. The molecule has 9 aromatic carbocycles. The summed E-state index contributed by atoms with van der Waals surface area (Å²) in [7, 11) is -2.50. The van der Waals surface area contributed by atoms with E-state index in [4.69, 9.17) is 23.0 Å². The van der Waals surface area contributed by atoms with E-state index >= 15 is 35.9 Å². The van der Waals surface area contributed by atoms with E-state index in [0.29, 0.717) is 44.0 Å². The second-order valence-corrected chi connectivity index (χ2v) is 28.6. The summed E-state index contributed by atoms with van der Waals surface area (Å²) in [6, 6.07) is 63.7. The minimum atomic E-state index is -5.46. The zero-order valence-corrected chi connectivity index (χ0v) is 47.2. The van der Waals surface area contributed by atoms with Gasteiger partial charge in [-0.15, -0.1) is 0 Å². The summed E-state index contributed by atoms with van der Waals surface area (Å²) >= 11 is 0. The van der Waals surface area contributed by atoms with Gasteiger partial charge in [0.1, 0.15) is 0 Å². The van der Waals surface area contributed by atoms with Crippen molar-refractivity contribution in [3.8, 4) is 5.75 Å². The number of esters is 2. The van der Waals surface area contributed by atoms with Crippen LogP contribution < -0.4 is 36.5 Å². The third-order valence-electron chi connectivity index (χ3n) is 14.6. The fourth-order valence-corrected chi connectivity index (χ4v) is 21.7. The van der Waals surface area contributed by atoms with Gasteiger partial charge in [-0.05, 0) is 0 Å². The summed E-state index contributed by atoms with van der Waals surface area (Å²) in [5.41, 5.74) is -2.95. The van der Waals surface area contributed by atoms with Crippen molar-refractivity contribution in [1.82, 2.24) is 0 Å². The minimum absolute atomic E-state index is 0.0306. The normalized spacial score (nSPS) is 12.8. The molecule has 18 heteroatoms. The SMILES string of the molecule is CCOC(=O)c1ccc(C(=O)CP(OB(Oc2cc(C(F)(F)F)cc(C(F)(F)F)c2)OP(CC(=O)c2ccc(C(=O)OCC)cc2)(c2ccccc2)(c2ccccc2)c2ccccc2)(c2ccccc2)(c2ccccc2)c2ccccc2)cc1. The van der Waals surface area contributed by atoms with Crippen LogP contribution >= 0.6 is 13.7 Å². The number of Topliss-reactive ketones (excluding diaryl/α,β-unsaturated/α-hetero) is 2. The number of halogens is 6. The summed E-state index contributed by atoms with van der Waals surface area (Å²) in [6.07, 6.45) is -11.9. The fraction of sp³-hybridized carbons (Fsp3) is 0.121. The van der Waals surface area contributed by atoms with Crippen LogP contribution in [0.15, 0.2) is 249 Å². The van der Waals surface area contributed by atoms with Gasteiger partial charge in [0.2, 0.25) is 0 Å². The molecule has 0 aliphatic heterocycles.